The molecule has 140 valence electrons. The number of fused-ring (bicyclic) bond motifs is 5. The molecule has 4 saturated carbocycles. The lowest BCUT2D eigenvalue weighted by molar-refractivity contribution is -0.184. The van der Waals surface area contributed by atoms with E-state index < -0.39 is 11.7 Å². The Bertz CT molecular complexity index is 615. The van der Waals surface area contributed by atoms with Crippen LogP contribution in [0.15, 0.2) is 0 Å². The molecule has 0 saturated heterocycles. The first-order valence-electron chi connectivity index (χ1n) is 10.1. The van der Waals surface area contributed by atoms with E-state index in [1.54, 1.807) is 0 Å². The fraction of sp³-hybridized carbons (Fsp3) is 0.905. The molecule has 4 fully saturated rings. The highest BCUT2D eigenvalue weighted by molar-refractivity contribution is 5.86. The molecule has 8 atom stereocenters. The molecule has 4 rings (SSSR count). The summed E-state index contributed by atoms with van der Waals surface area (Å²) >= 11 is 0. The number of aliphatic hydroxyl groups is 2. The van der Waals surface area contributed by atoms with Crippen molar-refractivity contribution in [3.63, 3.8) is 0 Å². The van der Waals surface area contributed by atoms with E-state index in [0.717, 1.165) is 32.1 Å². The van der Waals surface area contributed by atoms with Gasteiger partial charge in [-0.15, -0.1) is 0 Å². The van der Waals surface area contributed by atoms with Crippen LogP contribution in [0.5, 0.6) is 0 Å². The van der Waals surface area contributed by atoms with E-state index in [2.05, 4.69) is 13.8 Å². The maximum atomic E-state index is 12.2. The standard InChI is InChI=1S/C21H32O4/c1-12(22)21(25)9-6-16-14-11-18(24)17-10-13(23)4-7-19(17,2)15(14)5-8-20(16,21)3/h14-18,24-25H,4-11H2,1-3H3/t14-,15+,16+,17?,18+,19-,20+,21+/m1/s1. The van der Waals surface area contributed by atoms with Gasteiger partial charge in [-0.3, -0.25) is 9.59 Å². The van der Waals surface area contributed by atoms with E-state index >= 15 is 0 Å². The third-order valence-electron chi connectivity index (χ3n) is 9.23. The van der Waals surface area contributed by atoms with Crippen LogP contribution in [0.2, 0.25) is 0 Å². The Morgan fingerprint density at radius 2 is 1.76 bits per heavy atom. The number of carbonyl (C=O) groups is 2. The van der Waals surface area contributed by atoms with Gasteiger partial charge in [0.2, 0.25) is 0 Å². The van der Waals surface area contributed by atoms with Gasteiger partial charge in [0.15, 0.2) is 5.78 Å². The van der Waals surface area contributed by atoms with Crippen LogP contribution >= 0.6 is 0 Å². The Balaban J connectivity index is 1.69. The number of aliphatic hydroxyl groups excluding tert-OH is 1. The lowest BCUT2D eigenvalue weighted by Gasteiger charge is -2.61. The van der Waals surface area contributed by atoms with Crippen LogP contribution in [0.4, 0.5) is 0 Å². The van der Waals surface area contributed by atoms with Crippen molar-refractivity contribution in [2.75, 3.05) is 0 Å². The summed E-state index contributed by atoms with van der Waals surface area (Å²) in [6.07, 6.45) is 5.66. The highest BCUT2D eigenvalue weighted by Gasteiger charge is 2.67. The van der Waals surface area contributed by atoms with E-state index in [4.69, 9.17) is 0 Å². The minimum Gasteiger partial charge on any atom is -0.393 e. The number of hydrogen-bond donors (Lipinski definition) is 2. The lowest BCUT2D eigenvalue weighted by Crippen LogP contribution is -2.60. The molecule has 0 radical (unpaired) electrons. The van der Waals surface area contributed by atoms with Crippen molar-refractivity contribution in [1.82, 2.24) is 0 Å². The first-order valence-corrected chi connectivity index (χ1v) is 10.1. The average molecular weight is 348 g/mol. The van der Waals surface area contributed by atoms with E-state index in [-0.39, 0.29) is 22.5 Å². The van der Waals surface area contributed by atoms with Crippen molar-refractivity contribution in [2.24, 2.45) is 34.5 Å². The molecule has 0 aromatic rings. The Labute approximate surface area is 150 Å². The van der Waals surface area contributed by atoms with E-state index in [9.17, 15) is 19.8 Å². The highest BCUT2D eigenvalue weighted by Crippen LogP contribution is 2.68. The molecule has 0 aromatic heterocycles. The highest BCUT2D eigenvalue weighted by atomic mass is 16.3. The van der Waals surface area contributed by atoms with Crippen molar-refractivity contribution in [1.29, 1.82) is 0 Å². The first-order chi connectivity index (χ1) is 11.6. The van der Waals surface area contributed by atoms with Gasteiger partial charge in [-0.05, 0) is 74.5 Å². The summed E-state index contributed by atoms with van der Waals surface area (Å²) < 4.78 is 0. The number of hydrogen-bond acceptors (Lipinski definition) is 4. The van der Waals surface area contributed by atoms with Crippen molar-refractivity contribution < 1.29 is 19.8 Å². The third kappa shape index (κ3) is 2.13. The zero-order chi connectivity index (χ0) is 18.2. The summed E-state index contributed by atoms with van der Waals surface area (Å²) in [7, 11) is 0. The zero-order valence-electron chi connectivity index (χ0n) is 15.8. The largest absolute Gasteiger partial charge is 0.393 e. The van der Waals surface area contributed by atoms with Gasteiger partial charge in [-0.25, -0.2) is 0 Å². The van der Waals surface area contributed by atoms with E-state index in [0.29, 0.717) is 42.8 Å². The molecule has 0 heterocycles. The fourth-order valence-corrected chi connectivity index (χ4v) is 7.68. The Morgan fingerprint density at radius 1 is 1.08 bits per heavy atom. The van der Waals surface area contributed by atoms with Crippen LogP contribution in [0, 0.1) is 34.5 Å². The molecule has 0 aromatic carbocycles. The predicted molar refractivity (Wildman–Crippen MR) is 93.8 cm³/mol. The van der Waals surface area contributed by atoms with Crippen LogP contribution in [-0.2, 0) is 9.59 Å². The maximum absolute atomic E-state index is 12.2. The smallest absolute Gasteiger partial charge is 0.161 e. The average Bonchev–Trinajstić information content (AvgIpc) is 2.83. The summed E-state index contributed by atoms with van der Waals surface area (Å²) in [4.78, 5) is 24.2. The van der Waals surface area contributed by atoms with Crippen molar-refractivity contribution in [3.8, 4) is 0 Å². The van der Waals surface area contributed by atoms with Crippen LogP contribution in [0.3, 0.4) is 0 Å². The molecular formula is C21H32O4. The number of ketones is 2. The van der Waals surface area contributed by atoms with Crippen LogP contribution in [0.1, 0.15) is 72.1 Å². The Kier molecular flexibility index (Phi) is 3.81. The summed E-state index contributed by atoms with van der Waals surface area (Å²) in [6.45, 7) is 5.92. The van der Waals surface area contributed by atoms with Crippen molar-refractivity contribution in [3.05, 3.63) is 0 Å². The molecule has 0 aliphatic heterocycles. The monoisotopic (exact) mass is 348 g/mol. The summed E-state index contributed by atoms with van der Waals surface area (Å²) in [5.41, 5.74) is -1.55. The minimum absolute atomic E-state index is 0.0223. The number of Topliss-reactive ketones (excluding diaryl/α,β-unsaturated/α-hetero) is 2. The first kappa shape index (κ1) is 17.7. The van der Waals surface area contributed by atoms with Gasteiger partial charge in [0, 0.05) is 18.3 Å². The molecule has 0 bridgehead atoms. The topological polar surface area (TPSA) is 74.6 Å². The molecule has 0 spiro atoms. The summed E-state index contributed by atoms with van der Waals surface area (Å²) in [5.74, 6) is 1.45. The molecule has 1 unspecified atom stereocenters. The van der Waals surface area contributed by atoms with Gasteiger partial charge in [0.1, 0.15) is 11.4 Å². The van der Waals surface area contributed by atoms with Crippen molar-refractivity contribution >= 4 is 11.6 Å². The third-order valence-corrected chi connectivity index (χ3v) is 9.23. The summed E-state index contributed by atoms with van der Waals surface area (Å²) in [5, 5.41) is 22.0. The van der Waals surface area contributed by atoms with Crippen LogP contribution in [-0.4, -0.2) is 33.5 Å². The second-order valence-corrected chi connectivity index (χ2v) is 9.95. The molecule has 4 aliphatic carbocycles. The van der Waals surface area contributed by atoms with Crippen molar-refractivity contribution in [2.45, 2.75) is 83.8 Å². The predicted octanol–water partition coefficient (Wildman–Crippen LogP) is 2.89. The summed E-state index contributed by atoms with van der Waals surface area (Å²) in [6, 6.07) is 0. The fourth-order valence-electron chi connectivity index (χ4n) is 7.68. The normalized spacial score (nSPS) is 55.2. The Morgan fingerprint density at radius 3 is 2.44 bits per heavy atom. The van der Waals surface area contributed by atoms with E-state index in [1.165, 1.54) is 6.92 Å². The van der Waals surface area contributed by atoms with Gasteiger partial charge in [0.25, 0.3) is 0 Å². The van der Waals surface area contributed by atoms with E-state index in [1.807, 2.05) is 0 Å². The number of rotatable bonds is 1. The second-order valence-electron chi connectivity index (χ2n) is 9.95. The lowest BCUT2D eigenvalue weighted by atomic mass is 9.43. The second kappa shape index (κ2) is 5.39. The van der Waals surface area contributed by atoms with Gasteiger partial charge in [-0.2, -0.15) is 0 Å². The van der Waals surface area contributed by atoms with Crippen LogP contribution in [0.25, 0.3) is 0 Å². The molecule has 4 heteroatoms. The SMILES string of the molecule is CC(=O)[C@@]1(O)CC[C@H]2[C@@H]3C[C@H](O)C4CC(=O)CC[C@]4(C)[C@H]3CC[C@@]21C. The Hall–Kier alpha value is -0.740. The van der Waals surface area contributed by atoms with Gasteiger partial charge in [0.05, 0.1) is 6.10 Å². The molecular weight excluding hydrogens is 316 g/mol. The molecule has 0 amide bonds. The zero-order valence-corrected chi connectivity index (χ0v) is 15.8. The number of carbonyl (C=O) groups excluding carboxylic acids is 2. The molecule has 4 aliphatic rings. The molecule has 25 heavy (non-hydrogen) atoms. The molecule has 4 nitrogen and oxygen atoms in total. The maximum Gasteiger partial charge on any atom is 0.161 e. The minimum atomic E-state index is -1.20. The van der Waals surface area contributed by atoms with Crippen LogP contribution < -0.4 is 0 Å². The van der Waals surface area contributed by atoms with Gasteiger partial charge < -0.3 is 10.2 Å². The van der Waals surface area contributed by atoms with Gasteiger partial charge >= 0.3 is 0 Å². The van der Waals surface area contributed by atoms with Gasteiger partial charge in [-0.1, -0.05) is 13.8 Å². The quantitative estimate of drug-likeness (QED) is 0.764. The molecule has 2 N–H and O–H groups in total.